The minimum atomic E-state index is -3.51. The molecule has 148 valence electrons. The van der Waals surface area contributed by atoms with E-state index >= 15 is 0 Å². The Balaban J connectivity index is 1.43. The van der Waals surface area contributed by atoms with Crippen molar-refractivity contribution in [2.75, 3.05) is 13.1 Å². The largest absolute Gasteiger partial charge is 0.467 e. The van der Waals surface area contributed by atoms with Gasteiger partial charge >= 0.3 is 0 Å². The van der Waals surface area contributed by atoms with E-state index in [2.05, 4.69) is 4.98 Å². The molecule has 1 aliphatic rings. The van der Waals surface area contributed by atoms with Crippen molar-refractivity contribution in [3.8, 4) is 5.19 Å². The summed E-state index contributed by atoms with van der Waals surface area (Å²) in [6.45, 7) is 4.58. The average molecular weight is 421 g/mol. The van der Waals surface area contributed by atoms with Gasteiger partial charge in [0, 0.05) is 13.1 Å². The molecule has 3 aromatic rings. The van der Waals surface area contributed by atoms with E-state index in [1.807, 2.05) is 26.0 Å². The first kappa shape index (κ1) is 19.3. The van der Waals surface area contributed by atoms with Crippen LogP contribution in [0.4, 0.5) is 4.39 Å². The van der Waals surface area contributed by atoms with Crippen LogP contribution in [-0.4, -0.2) is 36.9 Å². The van der Waals surface area contributed by atoms with Crippen LogP contribution >= 0.6 is 11.3 Å². The summed E-state index contributed by atoms with van der Waals surface area (Å²) >= 11 is 1.31. The molecule has 0 unspecified atom stereocenters. The Labute approximate surface area is 167 Å². The molecule has 0 N–H and O–H groups in total. The minimum Gasteiger partial charge on any atom is -0.467 e. The van der Waals surface area contributed by atoms with E-state index in [-0.39, 0.29) is 11.9 Å². The highest BCUT2D eigenvalue weighted by molar-refractivity contribution is 7.89. The van der Waals surface area contributed by atoms with Crippen LogP contribution in [0.2, 0.25) is 0 Å². The summed E-state index contributed by atoms with van der Waals surface area (Å²) in [7, 11) is -3.51. The molecule has 0 spiro atoms. The number of aryl methyl sites for hydroxylation is 2. The van der Waals surface area contributed by atoms with Gasteiger partial charge in [0.25, 0.3) is 5.19 Å². The molecule has 0 amide bonds. The zero-order chi connectivity index (χ0) is 19.9. The number of hydrogen-bond acceptors (Lipinski definition) is 5. The first-order chi connectivity index (χ1) is 13.3. The SMILES string of the molecule is Cc1ccc(S(=O)(=O)N2CCC(Oc3nc4ccc(F)cc4s3)CC2)c(C)c1. The van der Waals surface area contributed by atoms with Gasteiger partial charge in [0.05, 0.1) is 15.1 Å². The molecule has 4 rings (SSSR count). The third kappa shape index (κ3) is 3.76. The van der Waals surface area contributed by atoms with Crippen molar-refractivity contribution in [3.63, 3.8) is 0 Å². The first-order valence-electron chi connectivity index (χ1n) is 9.13. The molecule has 0 bridgehead atoms. The molecule has 0 radical (unpaired) electrons. The number of fused-ring (bicyclic) bond motifs is 1. The summed E-state index contributed by atoms with van der Waals surface area (Å²) in [5.74, 6) is -0.299. The second kappa shape index (κ2) is 7.42. The number of thiazole rings is 1. The lowest BCUT2D eigenvalue weighted by molar-refractivity contribution is 0.135. The van der Waals surface area contributed by atoms with E-state index in [0.29, 0.717) is 41.5 Å². The molecule has 1 aliphatic heterocycles. The number of aromatic nitrogens is 1. The van der Waals surface area contributed by atoms with Gasteiger partial charge in [-0.2, -0.15) is 4.31 Å². The van der Waals surface area contributed by atoms with Crippen LogP contribution in [0, 0.1) is 19.7 Å². The molecule has 8 heteroatoms. The summed E-state index contributed by atoms with van der Waals surface area (Å²) in [5, 5.41) is 0.497. The predicted molar refractivity (Wildman–Crippen MR) is 108 cm³/mol. The molecule has 28 heavy (non-hydrogen) atoms. The van der Waals surface area contributed by atoms with Crippen LogP contribution in [0.3, 0.4) is 0 Å². The van der Waals surface area contributed by atoms with Gasteiger partial charge in [-0.25, -0.2) is 17.8 Å². The van der Waals surface area contributed by atoms with Crippen LogP contribution in [-0.2, 0) is 10.0 Å². The normalized spacial score (nSPS) is 16.5. The Kier molecular flexibility index (Phi) is 5.11. The fourth-order valence-electron chi connectivity index (χ4n) is 3.49. The van der Waals surface area contributed by atoms with Gasteiger partial charge in [-0.1, -0.05) is 29.0 Å². The van der Waals surface area contributed by atoms with Crippen LogP contribution in [0.5, 0.6) is 5.19 Å². The molecule has 0 aliphatic carbocycles. The van der Waals surface area contributed by atoms with Crippen molar-refractivity contribution in [2.24, 2.45) is 0 Å². The lowest BCUT2D eigenvalue weighted by atomic mass is 10.1. The second-order valence-corrected chi connectivity index (χ2v) is 9.98. The monoisotopic (exact) mass is 420 g/mol. The number of rotatable bonds is 4. The number of nitrogens with zero attached hydrogens (tertiary/aromatic N) is 2. The number of piperidine rings is 1. The number of sulfonamides is 1. The molecular formula is C20H21FN2O3S2. The van der Waals surface area contributed by atoms with Crippen molar-refractivity contribution < 1.29 is 17.5 Å². The molecule has 2 heterocycles. The van der Waals surface area contributed by atoms with Gasteiger partial charge in [-0.05, 0) is 56.5 Å². The summed E-state index contributed by atoms with van der Waals surface area (Å²) in [6, 6.07) is 9.85. The van der Waals surface area contributed by atoms with Crippen molar-refractivity contribution in [1.29, 1.82) is 0 Å². The predicted octanol–water partition coefficient (Wildman–Crippen LogP) is 4.28. The van der Waals surface area contributed by atoms with Crippen LogP contribution < -0.4 is 4.74 Å². The molecule has 0 saturated carbocycles. The van der Waals surface area contributed by atoms with Gasteiger partial charge in [0.2, 0.25) is 10.0 Å². The number of halogens is 1. The summed E-state index contributed by atoms with van der Waals surface area (Å²) in [4.78, 5) is 4.75. The lowest BCUT2D eigenvalue weighted by Crippen LogP contribution is -2.41. The topological polar surface area (TPSA) is 59.5 Å². The quantitative estimate of drug-likeness (QED) is 0.632. The Morgan fingerprint density at radius 2 is 1.89 bits per heavy atom. The zero-order valence-electron chi connectivity index (χ0n) is 15.7. The van der Waals surface area contributed by atoms with E-state index in [1.54, 1.807) is 12.1 Å². The lowest BCUT2D eigenvalue weighted by Gasteiger charge is -2.31. The minimum absolute atomic E-state index is 0.101. The maximum Gasteiger partial charge on any atom is 0.274 e. The van der Waals surface area contributed by atoms with Gasteiger partial charge < -0.3 is 4.74 Å². The van der Waals surface area contributed by atoms with Crippen molar-refractivity contribution in [1.82, 2.24) is 9.29 Å². The highest BCUT2D eigenvalue weighted by atomic mass is 32.2. The van der Waals surface area contributed by atoms with Gasteiger partial charge in [0.1, 0.15) is 11.9 Å². The third-order valence-electron chi connectivity index (χ3n) is 4.95. The second-order valence-electron chi connectivity index (χ2n) is 7.08. The van der Waals surface area contributed by atoms with Crippen molar-refractivity contribution >= 4 is 31.6 Å². The van der Waals surface area contributed by atoms with Crippen LogP contribution in [0.25, 0.3) is 10.2 Å². The molecule has 0 atom stereocenters. The molecule has 1 aromatic heterocycles. The van der Waals surface area contributed by atoms with Crippen LogP contribution in [0.15, 0.2) is 41.3 Å². The number of ether oxygens (including phenoxy) is 1. The van der Waals surface area contributed by atoms with Crippen molar-refractivity contribution in [3.05, 3.63) is 53.3 Å². The third-order valence-corrected chi connectivity index (χ3v) is 7.92. The van der Waals surface area contributed by atoms with E-state index in [1.165, 1.54) is 27.8 Å². The van der Waals surface area contributed by atoms with Gasteiger partial charge in [0.15, 0.2) is 0 Å². The summed E-state index contributed by atoms with van der Waals surface area (Å²) in [6.07, 6.45) is 1.08. The summed E-state index contributed by atoms with van der Waals surface area (Å²) < 4.78 is 47.5. The smallest absolute Gasteiger partial charge is 0.274 e. The fraction of sp³-hybridized carbons (Fsp3) is 0.350. The van der Waals surface area contributed by atoms with E-state index in [9.17, 15) is 12.8 Å². The molecular weight excluding hydrogens is 399 g/mol. The Morgan fingerprint density at radius 1 is 1.14 bits per heavy atom. The van der Waals surface area contributed by atoms with Gasteiger partial charge in [-0.3, -0.25) is 0 Å². The first-order valence-corrected chi connectivity index (χ1v) is 11.4. The standard InChI is InChI=1S/C20H21FN2O3S2/c1-13-3-6-19(14(2)11-13)28(24,25)23-9-7-16(8-10-23)26-20-22-17-5-4-15(21)12-18(17)27-20/h3-6,11-12,16H,7-10H2,1-2H3. The van der Waals surface area contributed by atoms with Gasteiger partial charge in [-0.15, -0.1) is 0 Å². The highest BCUT2D eigenvalue weighted by Gasteiger charge is 2.31. The fourth-order valence-corrected chi connectivity index (χ4v) is 6.07. The summed E-state index contributed by atoms with van der Waals surface area (Å²) in [5.41, 5.74) is 2.51. The Bertz CT molecular complexity index is 1120. The van der Waals surface area contributed by atoms with E-state index < -0.39 is 10.0 Å². The Hall–Kier alpha value is -2.03. The number of hydrogen-bond donors (Lipinski definition) is 0. The maximum atomic E-state index is 13.3. The van der Waals surface area contributed by atoms with Crippen molar-refractivity contribution in [2.45, 2.75) is 37.7 Å². The molecule has 1 saturated heterocycles. The highest BCUT2D eigenvalue weighted by Crippen LogP contribution is 2.31. The van der Waals surface area contributed by atoms with E-state index in [4.69, 9.17) is 4.74 Å². The molecule has 1 fully saturated rings. The average Bonchev–Trinajstić information content (AvgIpc) is 3.03. The maximum absolute atomic E-state index is 13.3. The Morgan fingerprint density at radius 3 is 2.61 bits per heavy atom. The van der Waals surface area contributed by atoms with Crippen LogP contribution in [0.1, 0.15) is 24.0 Å². The number of benzene rings is 2. The molecule has 2 aromatic carbocycles. The molecule has 5 nitrogen and oxygen atoms in total. The van der Waals surface area contributed by atoms with E-state index in [0.717, 1.165) is 15.8 Å². The zero-order valence-corrected chi connectivity index (χ0v) is 17.3.